The van der Waals surface area contributed by atoms with Gasteiger partial charge >= 0.3 is 0 Å². The lowest BCUT2D eigenvalue weighted by Crippen LogP contribution is -2.26. The molecule has 0 spiro atoms. The van der Waals surface area contributed by atoms with Crippen LogP contribution in [0.3, 0.4) is 0 Å². The molecular weight excluding hydrogens is 244 g/mol. The minimum atomic E-state index is -0.0129. The van der Waals surface area contributed by atoms with Gasteiger partial charge in [0.25, 0.3) is 5.90 Å². The van der Waals surface area contributed by atoms with Crippen LogP contribution in [0.25, 0.3) is 11.0 Å². The van der Waals surface area contributed by atoms with E-state index in [1.54, 1.807) is 4.73 Å². The number of para-hydroxylation sites is 2. The van der Waals surface area contributed by atoms with Crippen LogP contribution in [0.1, 0.15) is 5.82 Å². The maximum Gasteiger partial charge on any atom is 0.253 e. The Balaban J connectivity index is 2.34. The third-order valence-corrected chi connectivity index (χ3v) is 2.69. The lowest BCUT2D eigenvalue weighted by atomic mass is 10.3. The lowest BCUT2D eigenvalue weighted by molar-refractivity contribution is 0.102. The Morgan fingerprint density at radius 1 is 1.37 bits per heavy atom. The molecule has 6 heteroatoms. The number of nitrogens with zero attached hydrogens (tertiary/aromatic N) is 3. The summed E-state index contributed by atoms with van der Waals surface area (Å²) < 4.78 is 6.50. The molecule has 1 aromatic carbocycles. The van der Waals surface area contributed by atoms with Gasteiger partial charge in [-0.25, -0.2) is 4.98 Å². The molecule has 0 amide bonds. The van der Waals surface area contributed by atoms with Crippen molar-refractivity contribution in [1.29, 1.82) is 5.41 Å². The summed E-state index contributed by atoms with van der Waals surface area (Å²) in [6.07, 6.45) is 0. The first-order valence-electron chi connectivity index (χ1n) is 6.02. The van der Waals surface area contributed by atoms with Crippen LogP contribution < -0.4 is 4.84 Å². The predicted molar refractivity (Wildman–Crippen MR) is 73.6 cm³/mol. The molecule has 0 aliphatic rings. The van der Waals surface area contributed by atoms with Gasteiger partial charge in [0.15, 0.2) is 0 Å². The van der Waals surface area contributed by atoms with E-state index < -0.39 is 0 Å². The smallest absolute Gasteiger partial charge is 0.253 e. The van der Waals surface area contributed by atoms with E-state index in [4.69, 9.17) is 15.0 Å². The summed E-state index contributed by atoms with van der Waals surface area (Å²) in [5.74, 6) is 0.364. The van der Waals surface area contributed by atoms with E-state index in [-0.39, 0.29) is 5.90 Å². The average molecular weight is 262 g/mol. The molecule has 0 unspecified atom stereocenters. The second-order valence-electron chi connectivity index (χ2n) is 4.39. The van der Waals surface area contributed by atoms with Gasteiger partial charge in [-0.2, -0.15) is 4.73 Å². The van der Waals surface area contributed by atoms with Gasteiger partial charge in [-0.3, -0.25) is 5.41 Å². The van der Waals surface area contributed by atoms with Crippen LogP contribution in [0.2, 0.25) is 0 Å². The summed E-state index contributed by atoms with van der Waals surface area (Å²) in [5, 5.41) is 7.78. The average Bonchev–Trinajstić information content (AvgIpc) is 2.77. The van der Waals surface area contributed by atoms with Gasteiger partial charge in [-0.05, 0) is 26.2 Å². The molecular formula is C13H18N4O2. The van der Waals surface area contributed by atoms with Crippen LogP contribution in [-0.4, -0.2) is 54.9 Å². The van der Waals surface area contributed by atoms with Gasteiger partial charge in [0.05, 0.1) is 12.6 Å². The molecule has 0 atom stereocenters. The molecule has 0 bridgehead atoms. The number of aromatic nitrogens is 2. The molecule has 1 heterocycles. The largest absolute Gasteiger partial charge is 0.479 e. The predicted octanol–water partition coefficient (Wildman–Crippen LogP) is 0.998. The van der Waals surface area contributed by atoms with Crippen molar-refractivity contribution in [2.24, 2.45) is 0 Å². The monoisotopic (exact) mass is 262 g/mol. The third-order valence-electron chi connectivity index (χ3n) is 2.69. The molecule has 2 rings (SSSR count). The summed E-state index contributed by atoms with van der Waals surface area (Å²) in [5.41, 5.74) is 1.61. The van der Waals surface area contributed by atoms with Gasteiger partial charge in [0.1, 0.15) is 12.1 Å². The van der Waals surface area contributed by atoms with Crippen LogP contribution in [0.15, 0.2) is 24.3 Å². The fraction of sp³-hybridized carbons (Fsp3) is 0.385. The van der Waals surface area contributed by atoms with Crippen LogP contribution in [0, 0.1) is 5.41 Å². The molecule has 0 aliphatic carbocycles. The fourth-order valence-electron chi connectivity index (χ4n) is 1.68. The van der Waals surface area contributed by atoms with Crippen LogP contribution >= 0.6 is 0 Å². The van der Waals surface area contributed by atoms with E-state index in [2.05, 4.69) is 4.98 Å². The van der Waals surface area contributed by atoms with E-state index in [0.717, 1.165) is 17.6 Å². The lowest BCUT2D eigenvalue weighted by Gasteiger charge is -2.13. The Bertz CT molecular complexity index is 577. The van der Waals surface area contributed by atoms with E-state index in [0.29, 0.717) is 12.4 Å². The summed E-state index contributed by atoms with van der Waals surface area (Å²) in [7, 11) is 5.41. The highest BCUT2D eigenvalue weighted by Crippen LogP contribution is 2.15. The minimum Gasteiger partial charge on any atom is -0.479 e. The number of hydrogen-bond donors (Lipinski definition) is 1. The molecule has 0 radical (unpaired) electrons. The second-order valence-corrected chi connectivity index (χ2v) is 4.39. The number of likely N-dealkylation sites (N-methyl/N-ethyl adjacent to an activating group) is 1. The SMILES string of the molecule is COC(=N)c1nc2ccccc2n1OCCN(C)C. The first-order valence-corrected chi connectivity index (χ1v) is 6.02. The maximum absolute atomic E-state index is 7.78. The van der Waals surface area contributed by atoms with Crippen molar-refractivity contribution in [3.63, 3.8) is 0 Å². The Labute approximate surface area is 112 Å². The zero-order chi connectivity index (χ0) is 13.8. The van der Waals surface area contributed by atoms with Gasteiger partial charge in [0, 0.05) is 6.54 Å². The van der Waals surface area contributed by atoms with E-state index >= 15 is 0 Å². The highest BCUT2D eigenvalue weighted by molar-refractivity contribution is 5.92. The zero-order valence-electron chi connectivity index (χ0n) is 11.4. The summed E-state index contributed by atoms with van der Waals surface area (Å²) in [4.78, 5) is 12.1. The van der Waals surface area contributed by atoms with Gasteiger partial charge in [0.2, 0.25) is 5.82 Å². The van der Waals surface area contributed by atoms with Gasteiger partial charge in [-0.1, -0.05) is 12.1 Å². The van der Waals surface area contributed by atoms with E-state index in [1.807, 2.05) is 43.3 Å². The molecule has 102 valence electrons. The number of ether oxygens (including phenoxy) is 1. The van der Waals surface area contributed by atoms with Crippen molar-refractivity contribution >= 4 is 16.9 Å². The molecule has 0 saturated carbocycles. The Kier molecular flexibility index (Phi) is 4.01. The zero-order valence-corrected chi connectivity index (χ0v) is 11.4. The van der Waals surface area contributed by atoms with E-state index in [9.17, 15) is 0 Å². The molecule has 1 N–H and O–H groups in total. The van der Waals surface area contributed by atoms with Crippen molar-refractivity contribution in [2.75, 3.05) is 34.4 Å². The number of benzene rings is 1. The number of fused-ring (bicyclic) bond motifs is 1. The second kappa shape index (κ2) is 5.71. The molecule has 19 heavy (non-hydrogen) atoms. The van der Waals surface area contributed by atoms with E-state index in [1.165, 1.54) is 7.11 Å². The topological polar surface area (TPSA) is 63.4 Å². The fourth-order valence-corrected chi connectivity index (χ4v) is 1.68. The highest BCUT2D eigenvalue weighted by Gasteiger charge is 2.16. The summed E-state index contributed by atoms with van der Waals surface area (Å²) >= 11 is 0. The quantitative estimate of drug-likeness (QED) is 0.645. The number of nitrogens with one attached hydrogen (secondary N) is 1. The summed E-state index contributed by atoms with van der Waals surface area (Å²) in [6.45, 7) is 1.30. The Morgan fingerprint density at radius 3 is 2.79 bits per heavy atom. The number of rotatable bonds is 5. The minimum absolute atomic E-state index is 0.0129. The van der Waals surface area contributed by atoms with Crippen molar-refractivity contribution in [3.05, 3.63) is 30.1 Å². The first-order chi connectivity index (χ1) is 9.13. The Morgan fingerprint density at radius 2 is 2.11 bits per heavy atom. The summed E-state index contributed by atoms with van der Waals surface area (Å²) in [6, 6.07) is 7.60. The molecule has 0 saturated heterocycles. The number of hydrogen-bond acceptors (Lipinski definition) is 5. The van der Waals surface area contributed by atoms with Crippen molar-refractivity contribution in [2.45, 2.75) is 0 Å². The third kappa shape index (κ3) is 2.85. The molecule has 0 aliphatic heterocycles. The number of methoxy groups -OCH3 is 1. The highest BCUT2D eigenvalue weighted by atomic mass is 16.7. The van der Waals surface area contributed by atoms with Crippen LogP contribution in [-0.2, 0) is 4.74 Å². The van der Waals surface area contributed by atoms with Crippen LogP contribution in [0.5, 0.6) is 0 Å². The Hall–Kier alpha value is -2.08. The number of imidazole rings is 1. The van der Waals surface area contributed by atoms with Crippen molar-refractivity contribution in [1.82, 2.24) is 14.6 Å². The molecule has 0 fully saturated rings. The standard InChI is InChI=1S/C13H18N4O2/c1-16(2)8-9-19-17-11-7-5-4-6-10(11)15-13(17)12(14)18-3/h4-7,14H,8-9H2,1-3H3. The normalized spacial score (nSPS) is 10.9. The first kappa shape index (κ1) is 13.4. The van der Waals surface area contributed by atoms with Gasteiger partial charge in [-0.15, -0.1) is 0 Å². The van der Waals surface area contributed by atoms with Crippen molar-refractivity contribution < 1.29 is 9.57 Å². The molecule has 2 aromatic rings. The van der Waals surface area contributed by atoms with Crippen LogP contribution in [0.4, 0.5) is 0 Å². The maximum atomic E-state index is 7.78. The molecule has 1 aromatic heterocycles. The van der Waals surface area contributed by atoms with Crippen molar-refractivity contribution in [3.8, 4) is 0 Å². The molecule has 6 nitrogen and oxygen atoms in total. The van der Waals surface area contributed by atoms with Gasteiger partial charge < -0.3 is 14.5 Å².